The van der Waals surface area contributed by atoms with Gasteiger partial charge in [0.15, 0.2) is 11.5 Å². The Morgan fingerprint density at radius 3 is 2.40 bits per heavy atom. The number of carbonyl (C=O) groups is 2. The number of hydrogen-bond donors (Lipinski definition) is 1. The lowest BCUT2D eigenvalue weighted by Gasteiger charge is -2.20. The fourth-order valence-electron chi connectivity index (χ4n) is 1.92. The molecule has 0 fully saturated rings. The molecule has 0 aliphatic heterocycles. The van der Waals surface area contributed by atoms with Crippen molar-refractivity contribution in [2.45, 2.75) is 26.4 Å². The second-order valence-corrected chi connectivity index (χ2v) is 5.36. The summed E-state index contributed by atoms with van der Waals surface area (Å²) in [6.45, 7) is 5.03. The average molecular weight is 278 g/mol. The summed E-state index contributed by atoms with van der Waals surface area (Å²) in [6.07, 6.45) is -0.841. The zero-order chi connectivity index (χ0) is 15.1. The molecular formula is C14H15FN2O3. The van der Waals surface area contributed by atoms with Crippen LogP contribution in [0.1, 0.15) is 31.3 Å². The van der Waals surface area contributed by atoms with Crippen molar-refractivity contribution in [3.63, 3.8) is 0 Å². The molecule has 0 atom stereocenters. The molecule has 0 spiro atoms. The lowest BCUT2D eigenvalue weighted by atomic mass is 10.2. The van der Waals surface area contributed by atoms with E-state index in [2.05, 4.69) is 0 Å². The first-order valence-corrected chi connectivity index (χ1v) is 6.04. The van der Waals surface area contributed by atoms with E-state index >= 15 is 0 Å². The topological polar surface area (TPSA) is 74.3 Å². The van der Waals surface area contributed by atoms with Gasteiger partial charge < -0.3 is 10.5 Å². The van der Waals surface area contributed by atoms with Crippen LogP contribution in [-0.2, 0) is 4.74 Å². The monoisotopic (exact) mass is 278 g/mol. The summed E-state index contributed by atoms with van der Waals surface area (Å²) in [5, 5.41) is 0.146. The van der Waals surface area contributed by atoms with Crippen molar-refractivity contribution in [2.24, 2.45) is 5.73 Å². The maximum Gasteiger partial charge on any atom is 0.419 e. The molecule has 6 heteroatoms. The number of nitrogens with two attached hydrogens (primary N) is 1. The van der Waals surface area contributed by atoms with Gasteiger partial charge in [-0.25, -0.2) is 13.8 Å². The van der Waals surface area contributed by atoms with Crippen LogP contribution in [0.15, 0.2) is 24.3 Å². The van der Waals surface area contributed by atoms with Gasteiger partial charge in [-0.15, -0.1) is 0 Å². The first kappa shape index (κ1) is 14.0. The third-order valence-corrected chi connectivity index (χ3v) is 2.62. The molecule has 2 N–H and O–H groups in total. The number of nitrogens with zero attached hydrogens (tertiary/aromatic N) is 1. The van der Waals surface area contributed by atoms with Crippen LogP contribution < -0.4 is 5.73 Å². The van der Waals surface area contributed by atoms with Crippen LogP contribution in [0.4, 0.5) is 9.18 Å². The second-order valence-electron chi connectivity index (χ2n) is 5.36. The van der Waals surface area contributed by atoms with E-state index in [0.717, 1.165) is 4.57 Å². The van der Waals surface area contributed by atoms with Crippen molar-refractivity contribution in [2.75, 3.05) is 0 Å². The third kappa shape index (κ3) is 2.36. The number of ether oxygens (including phenoxy) is 1. The molecule has 1 aromatic heterocycles. The minimum atomic E-state index is -1.02. The number of rotatable bonds is 1. The Bertz CT molecular complexity index is 698. The van der Waals surface area contributed by atoms with E-state index in [-0.39, 0.29) is 10.9 Å². The summed E-state index contributed by atoms with van der Waals surface area (Å²) >= 11 is 0. The van der Waals surface area contributed by atoms with Crippen LogP contribution >= 0.6 is 0 Å². The highest BCUT2D eigenvalue weighted by atomic mass is 19.1. The van der Waals surface area contributed by atoms with Gasteiger partial charge in [-0.2, -0.15) is 0 Å². The van der Waals surface area contributed by atoms with Gasteiger partial charge in [0.25, 0.3) is 5.91 Å². The summed E-state index contributed by atoms with van der Waals surface area (Å²) in [5.41, 5.74) is 4.15. The Balaban J connectivity index is 2.70. The van der Waals surface area contributed by atoms with Crippen LogP contribution in [-0.4, -0.2) is 22.2 Å². The molecule has 1 heterocycles. The van der Waals surface area contributed by atoms with Crippen LogP contribution in [0, 0.1) is 5.82 Å². The van der Waals surface area contributed by atoms with E-state index < -0.39 is 29.1 Å². The van der Waals surface area contributed by atoms with Gasteiger partial charge in [0.2, 0.25) is 0 Å². The normalized spacial score (nSPS) is 11.6. The molecule has 0 saturated heterocycles. The van der Waals surface area contributed by atoms with Crippen molar-refractivity contribution in [1.82, 2.24) is 4.57 Å². The molecule has 0 unspecified atom stereocenters. The summed E-state index contributed by atoms with van der Waals surface area (Å²) in [7, 11) is 0. The highest BCUT2D eigenvalue weighted by molar-refractivity contribution is 6.03. The zero-order valence-electron chi connectivity index (χ0n) is 11.4. The van der Waals surface area contributed by atoms with Crippen LogP contribution in [0.3, 0.4) is 0 Å². The van der Waals surface area contributed by atoms with Gasteiger partial charge in [-0.3, -0.25) is 4.79 Å². The van der Waals surface area contributed by atoms with E-state index in [4.69, 9.17) is 10.5 Å². The lowest BCUT2D eigenvalue weighted by Crippen LogP contribution is -2.30. The highest BCUT2D eigenvalue weighted by Crippen LogP contribution is 2.25. The lowest BCUT2D eigenvalue weighted by molar-refractivity contribution is 0.0534. The number of primary amides is 1. The van der Waals surface area contributed by atoms with Gasteiger partial charge >= 0.3 is 6.09 Å². The van der Waals surface area contributed by atoms with Crippen LogP contribution in [0.5, 0.6) is 0 Å². The molecule has 0 saturated carbocycles. The predicted molar refractivity (Wildman–Crippen MR) is 72.0 cm³/mol. The number of aromatic nitrogens is 1. The number of halogens is 1. The molecule has 2 rings (SSSR count). The minimum Gasteiger partial charge on any atom is -0.443 e. The Morgan fingerprint density at radius 2 is 1.85 bits per heavy atom. The van der Waals surface area contributed by atoms with E-state index in [9.17, 15) is 14.0 Å². The quantitative estimate of drug-likeness (QED) is 0.871. The van der Waals surface area contributed by atoms with Crippen molar-refractivity contribution in [3.05, 3.63) is 35.8 Å². The molecule has 0 aliphatic carbocycles. The molecule has 0 bridgehead atoms. The summed E-state index contributed by atoms with van der Waals surface area (Å²) < 4.78 is 20.3. The van der Waals surface area contributed by atoms with E-state index in [0.29, 0.717) is 0 Å². The van der Waals surface area contributed by atoms with Crippen molar-refractivity contribution >= 4 is 22.9 Å². The number of hydrogen-bond acceptors (Lipinski definition) is 3. The Labute approximate surface area is 115 Å². The van der Waals surface area contributed by atoms with E-state index in [1.165, 1.54) is 12.1 Å². The molecule has 0 aliphatic rings. The van der Waals surface area contributed by atoms with Crippen molar-refractivity contribution in [3.8, 4) is 0 Å². The maximum atomic E-state index is 14.2. The molecule has 1 aromatic carbocycles. The summed E-state index contributed by atoms with van der Waals surface area (Å²) in [4.78, 5) is 23.6. The molecule has 2 aromatic rings. The Morgan fingerprint density at radius 1 is 1.25 bits per heavy atom. The van der Waals surface area contributed by atoms with Crippen LogP contribution in [0.25, 0.3) is 10.9 Å². The SMILES string of the molecule is CC(C)(C)OC(=O)n1c(C(N)=O)c(F)c2ccccc21. The molecule has 1 amide bonds. The Hall–Kier alpha value is -2.37. The predicted octanol–water partition coefficient (Wildman–Crippen LogP) is 2.66. The fourth-order valence-corrected chi connectivity index (χ4v) is 1.92. The number of amides is 1. The van der Waals surface area contributed by atoms with Gasteiger partial charge in [0.1, 0.15) is 5.60 Å². The summed E-state index contributed by atoms with van der Waals surface area (Å²) in [5.74, 6) is -1.84. The summed E-state index contributed by atoms with van der Waals surface area (Å²) in [6, 6.07) is 6.23. The standard InChI is InChI=1S/C14H15FN2O3/c1-14(2,3)20-13(19)17-9-7-5-4-6-8(9)10(15)11(17)12(16)18/h4-7H,1-3H3,(H2,16,18). The minimum absolute atomic E-state index is 0.146. The maximum absolute atomic E-state index is 14.2. The number of carbonyl (C=O) groups excluding carboxylic acids is 2. The highest BCUT2D eigenvalue weighted by Gasteiger charge is 2.28. The Kier molecular flexibility index (Phi) is 3.25. The van der Waals surface area contributed by atoms with Gasteiger partial charge in [-0.1, -0.05) is 12.1 Å². The molecular weight excluding hydrogens is 263 g/mol. The number of benzene rings is 1. The smallest absolute Gasteiger partial charge is 0.419 e. The third-order valence-electron chi connectivity index (χ3n) is 2.62. The van der Waals surface area contributed by atoms with Crippen molar-refractivity contribution in [1.29, 1.82) is 0 Å². The second kappa shape index (κ2) is 4.63. The van der Waals surface area contributed by atoms with E-state index in [1.54, 1.807) is 32.9 Å². The van der Waals surface area contributed by atoms with Crippen LogP contribution in [0.2, 0.25) is 0 Å². The fraction of sp³-hybridized carbons (Fsp3) is 0.286. The molecule has 106 valence electrons. The first-order valence-electron chi connectivity index (χ1n) is 6.04. The molecule has 20 heavy (non-hydrogen) atoms. The van der Waals surface area contributed by atoms with Crippen molar-refractivity contribution < 1.29 is 18.7 Å². The number of para-hydroxylation sites is 1. The van der Waals surface area contributed by atoms with E-state index in [1.807, 2.05) is 0 Å². The van der Waals surface area contributed by atoms with Gasteiger partial charge in [0, 0.05) is 5.39 Å². The molecule has 5 nitrogen and oxygen atoms in total. The number of fused-ring (bicyclic) bond motifs is 1. The first-order chi connectivity index (χ1) is 9.22. The molecule has 0 radical (unpaired) electrons. The largest absolute Gasteiger partial charge is 0.443 e. The van der Waals surface area contributed by atoms with Gasteiger partial charge in [0.05, 0.1) is 5.52 Å². The average Bonchev–Trinajstić information content (AvgIpc) is 2.61. The zero-order valence-corrected chi connectivity index (χ0v) is 11.4. The van der Waals surface area contributed by atoms with Gasteiger partial charge in [-0.05, 0) is 32.9 Å².